The molecule has 2 aromatic carbocycles. The minimum absolute atomic E-state index is 0.0623. The molecule has 2 unspecified atom stereocenters. The average Bonchev–Trinajstić information content (AvgIpc) is 2.66. The van der Waals surface area contributed by atoms with Gasteiger partial charge in [-0.15, -0.1) is 0 Å². The lowest BCUT2D eigenvalue weighted by Crippen LogP contribution is -2.19. The van der Waals surface area contributed by atoms with E-state index in [0.29, 0.717) is 49.2 Å². The number of benzene rings is 2. The quantitative estimate of drug-likeness (QED) is 0.473. The first-order valence-electron chi connectivity index (χ1n) is 9.09. The molecule has 0 aliphatic carbocycles. The van der Waals surface area contributed by atoms with Crippen molar-refractivity contribution in [2.75, 3.05) is 7.11 Å². The Bertz CT molecular complexity index is 669. The van der Waals surface area contributed by atoms with Crippen molar-refractivity contribution in [1.82, 2.24) is 0 Å². The zero-order valence-electron chi connectivity index (χ0n) is 15.6. The molecule has 0 saturated heterocycles. The standard InChI is InChI=1S/C21H28O6/c1-27-21-11-15(5-9-20(21)26)3-7-18(24)12-17(23)6-2-14-4-8-19(25)16(10-14)13-22/h4-5,8-11,17-18,22-26H,2-3,6-7,12-13H2,1H3/p+1. The molecule has 0 saturated carbocycles. The van der Waals surface area contributed by atoms with Gasteiger partial charge < -0.3 is 30.3 Å². The fraction of sp³-hybridized carbons (Fsp3) is 0.429. The molecule has 148 valence electrons. The third kappa shape index (κ3) is 6.43. The predicted molar refractivity (Wildman–Crippen MR) is 103 cm³/mol. The molecule has 0 heterocycles. The summed E-state index contributed by atoms with van der Waals surface area (Å²) in [4.78, 5) is 0. The summed E-state index contributed by atoms with van der Waals surface area (Å²) in [6.45, 7) is -0.229. The summed E-state index contributed by atoms with van der Waals surface area (Å²) in [6, 6.07) is 10.3. The molecule has 6 nitrogen and oxygen atoms in total. The van der Waals surface area contributed by atoms with Crippen LogP contribution < -0.4 is 4.74 Å². The van der Waals surface area contributed by atoms with E-state index in [-0.39, 0.29) is 12.4 Å². The van der Waals surface area contributed by atoms with Crippen molar-refractivity contribution in [3.8, 4) is 17.2 Å². The highest BCUT2D eigenvalue weighted by Crippen LogP contribution is 2.27. The van der Waals surface area contributed by atoms with Gasteiger partial charge in [0, 0.05) is 11.6 Å². The van der Waals surface area contributed by atoms with E-state index in [9.17, 15) is 20.4 Å². The Morgan fingerprint density at radius 1 is 0.963 bits per heavy atom. The monoisotopic (exact) mass is 377 g/mol. The second-order valence-corrected chi connectivity index (χ2v) is 6.78. The smallest absolute Gasteiger partial charge is 0.296 e. The molecule has 0 aliphatic heterocycles. The lowest BCUT2D eigenvalue weighted by atomic mass is 9.98. The van der Waals surface area contributed by atoms with Crippen molar-refractivity contribution < 1.29 is 30.3 Å². The van der Waals surface area contributed by atoms with E-state index in [2.05, 4.69) is 0 Å². The number of aromatic hydroxyl groups is 1. The summed E-state index contributed by atoms with van der Waals surface area (Å²) in [6.07, 6.45) is 1.30. The number of rotatable bonds is 10. The second-order valence-electron chi connectivity index (χ2n) is 6.78. The van der Waals surface area contributed by atoms with Gasteiger partial charge in [0.05, 0.1) is 25.9 Å². The molecule has 6 heteroatoms. The van der Waals surface area contributed by atoms with Gasteiger partial charge in [0.25, 0.3) is 5.75 Å². The molecule has 0 fully saturated rings. The Balaban J connectivity index is 1.77. The van der Waals surface area contributed by atoms with Crippen molar-refractivity contribution in [2.24, 2.45) is 0 Å². The molecule has 0 aromatic heterocycles. The Labute approximate surface area is 159 Å². The Morgan fingerprint density at radius 2 is 1.56 bits per heavy atom. The highest BCUT2D eigenvalue weighted by molar-refractivity contribution is 5.41. The molecular formula is C21H29O6+. The molecule has 2 rings (SSSR count). The summed E-state index contributed by atoms with van der Waals surface area (Å²) < 4.78 is 5.13. The number of phenols is 1. The summed E-state index contributed by atoms with van der Waals surface area (Å²) in [5, 5.41) is 46.8. The molecule has 2 aromatic rings. The summed E-state index contributed by atoms with van der Waals surface area (Å²) in [5.74, 6) is 0.904. The van der Waals surface area contributed by atoms with Gasteiger partial charge in [-0.2, -0.15) is 0 Å². The molecule has 0 radical (unpaired) electrons. The third-order valence-electron chi connectivity index (χ3n) is 4.66. The first kappa shape index (κ1) is 21.0. The Hall–Kier alpha value is -2.28. The van der Waals surface area contributed by atoms with Crippen LogP contribution >= 0.6 is 0 Å². The highest BCUT2D eigenvalue weighted by Gasteiger charge is 2.14. The maximum atomic E-state index is 10.2. The van der Waals surface area contributed by atoms with Crippen molar-refractivity contribution in [3.63, 3.8) is 0 Å². The number of hydrogen-bond donors (Lipinski definition) is 4. The van der Waals surface area contributed by atoms with Crippen molar-refractivity contribution >= 4 is 0 Å². The number of hydrogen-bond acceptors (Lipinski definition) is 5. The van der Waals surface area contributed by atoms with E-state index in [1.807, 2.05) is 6.07 Å². The fourth-order valence-corrected chi connectivity index (χ4v) is 3.03. The van der Waals surface area contributed by atoms with Crippen LogP contribution in [0.15, 0.2) is 36.4 Å². The molecule has 0 amide bonds. The number of aliphatic hydroxyl groups is 3. The van der Waals surface area contributed by atoms with E-state index >= 15 is 0 Å². The molecule has 27 heavy (non-hydrogen) atoms. The second kappa shape index (κ2) is 10.2. The summed E-state index contributed by atoms with van der Waals surface area (Å²) >= 11 is 0. The average molecular weight is 377 g/mol. The van der Waals surface area contributed by atoms with Crippen LogP contribution in [0.25, 0.3) is 0 Å². The topological polar surface area (TPSA) is 113 Å². The van der Waals surface area contributed by atoms with Gasteiger partial charge >= 0.3 is 0 Å². The number of methoxy groups -OCH3 is 1. The Morgan fingerprint density at radius 3 is 2.15 bits per heavy atom. The number of ether oxygens (including phenoxy) is 1. The minimum atomic E-state index is -0.628. The van der Waals surface area contributed by atoms with E-state index < -0.39 is 12.2 Å². The molecule has 6 N–H and O–H groups in total. The van der Waals surface area contributed by atoms with Crippen LogP contribution in [-0.4, -0.2) is 44.9 Å². The zero-order valence-corrected chi connectivity index (χ0v) is 15.6. The summed E-state index contributed by atoms with van der Waals surface area (Å²) in [7, 11) is 1.53. The van der Waals surface area contributed by atoms with Gasteiger partial charge in [-0.05, 0) is 67.5 Å². The van der Waals surface area contributed by atoms with Crippen LogP contribution in [-0.2, 0) is 19.4 Å². The van der Waals surface area contributed by atoms with Crippen molar-refractivity contribution in [2.45, 2.75) is 50.9 Å². The van der Waals surface area contributed by atoms with E-state index in [1.165, 1.54) is 7.11 Å². The van der Waals surface area contributed by atoms with Crippen LogP contribution in [0.1, 0.15) is 36.0 Å². The SMILES string of the molecule is COc1cc(CCC(O)CC(O)CCc2ccc(O)c(CO)c2)ccc1[OH2+]. The third-order valence-corrected chi connectivity index (χ3v) is 4.66. The fourth-order valence-electron chi connectivity index (χ4n) is 3.03. The largest absolute Gasteiger partial charge is 0.591 e. The minimum Gasteiger partial charge on any atom is -0.591 e. The van der Waals surface area contributed by atoms with Crippen LogP contribution in [0, 0.1) is 0 Å². The van der Waals surface area contributed by atoms with E-state index in [4.69, 9.17) is 9.84 Å². The van der Waals surface area contributed by atoms with Crippen LogP contribution in [0.3, 0.4) is 0 Å². The van der Waals surface area contributed by atoms with E-state index in [0.717, 1.165) is 11.1 Å². The van der Waals surface area contributed by atoms with Gasteiger partial charge in [-0.3, -0.25) is 0 Å². The molecule has 0 spiro atoms. The van der Waals surface area contributed by atoms with Gasteiger partial charge in [0.2, 0.25) is 5.75 Å². The lowest BCUT2D eigenvalue weighted by Gasteiger charge is -2.16. The van der Waals surface area contributed by atoms with Gasteiger partial charge in [0.15, 0.2) is 0 Å². The van der Waals surface area contributed by atoms with Gasteiger partial charge in [0.1, 0.15) is 5.75 Å². The first-order valence-corrected chi connectivity index (χ1v) is 9.09. The molecular weight excluding hydrogens is 348 g/mol. The predicted octanol–water partition coefficient (Wildman–Crippen LogP) is 2.01. The summed E-state index contributed by atoms with van der Waals surface area (Å²) in [5.41, 5.74) is 2.38. The number of aryl methyl sites for hydroxylation is 2. The highest BCUT2D eigenvalue weighted by atomic mass is 16.5. The molecule has 0 aliphatic rings. The van der Waals surface area contributed by atoms with E-state index in [1.54, 1.807) is 30.3 Å². The lowest BCUT2D eigenvalue weighted by molar-refractivity contribution is 0.0714. The van der Waals surface area contributed by atoms with Crippen LogP contribution in [0.2, 0.25) is 0 Å². The Kier molecular flexibility index (Phi) is 7.91. The van der Waals surface area contributed by atoms with Crippen molar-refractivity contribution in [1.29, 1.82) is 0 Å². The number of aliphatic hydroxyl groups excluding tert-OH is 3. The van der Waals surface area contributed by atoms with Crippen LogP contribution in [0.4, 0.5) is 0 Å². The normalized spacial score (nSPS) is 13.3. The first-order chi connectivity index (χ1) is 12.9. The van der Waals surface area contributed by atoms with Crippen molar-refractivity contribution in [3.05, 3.63) is 53.1 Å². The van der Waals surface area contributed by atoms with Gasteiger partial charge in [-0.1, -0.05) is 6.07 Å². The van der Waals surface area contributed by atoms with Crippen LogP contribution in [0.5, 0.6) is 17.2 Å². The maximum absolute atomic E-state index is 10.2. The molecule has 2 atom stereocenters. The maximum Gasteiger partial charge on any atom is 0.296 e. The van der Waals surface area contributed by atoms with Gasteiger partial charge in [-0.25, -0.2) is 0 Å². The molecule has 0 bridgehead atoms. The zero-order chi connectivity index (χ0) is 19.8.